The van der Waals surface area contributed by atoms with Crippen molar-refractivity contribution in [1.82, 2.24) is 0 Å². The van der Waals surface area contributed by atoms with Gasteiger partial charge in [0.25, 0.3) is 0 Å². The number of hydrogen-bond acceptors (Lipinski definition) is 4. The summed E-state index contributed by atoms with van der Waals surface area (Å²) in [7, 11) is 1.36. The summed E-state index contributed by atoms with van der Waals surface area (Å²) < 4.78 is 9.95. The van der Waals surface area contributed by atoms with Gasteiger partial charge < -0.3 is 14.9 Å². The van der Waals surface area contributed by atoms with Crippen molar-refractivity contribution in [3.8, 4) is 0 Å². The fourth-order valence-electron chi connectivity index (χ4n) is 1.90. The lowest BCUT2D eigenvalue weighted by atomic mass is 9.91. The summed E-state index contributed by atoms with van der Waals surface area (Å²) in [6.07, 6.45) is 4.22. The van der Waals surface area contributed by atoms with Crippen LogP contribution in [0.2, 0.25) is 0 Å². The van der Waals surface area contributed by atoms with Crippen LogP contribution in [0.25, 0.3) is 0 Å². The maximum Gasteiger partial charge on any atom is 0.341 e. The Bertz CT molecular complexity index is 356. The highest BCUT2D eigenvalue weighted by atomic mass is 16.5. The van der Waals surface area contributed by atoms with Crippen LogP contribution in [0.1, 0.15) is 40.6 Å². The Morgan fingerprint density at radius 2 is 2.50 bits per heavy atom. The molecule has 1 aromatic heterocycles. The average Bonchev–Trinajstić information content (AvgIpc) is 2.62. The minimum Gasteiger partial charge on any atom is -0.468 e. The van der Waals surface area contributed by atoms with Crippen molar-refractivity contribution in [2.75, 3.05) is 7.11 Å². The Morgan fingerprint density at radius 3 is 3.21 bits per heavy atom. The second-order valence-electron chi connectivity index (χ2n) is 3.48. The first kappa shape index (κ1) is 9.27. The van der Waals surface area contributed by atoms with Crippen molar-refractivity contribution in [3.05, 3.63) is 23.2 Å². The van der Waals surface area contributed by atoms with Crippen LogP contribution < -0.4 is 5.73 Å². The first-order chi connectivity index (χ1) is 6.74. The first-order valence-corrected chi connectivity index (χ1v) is 4.68. The van der Waals surface area contributed by atoms with E-state index in [9.17, 15) is 4.79 Å². The van der Waals surface area contributed by atoms with Gasteiger partial charge in [0.05, 0.1) is 7.11 Å². The smallest absolute Gasteiger partial charge is 0.341 e. The molecule has 0 aromatic carbocycles. The van der Waals surface area contributed by atoms with E-state index < -0.39 is 0 Å². The number of fused-ring (bicyclic) bond motifs is 1. The normalized spacial score (nSPS) is 20.3. The third-order valence-corrected chi connectivity index (χ3v) is 2.60. The Labute approximate surface area is 82.0 Å². The molecule has 0 bridgehead atoms. The fourth-order valence-corrected chi connectivity index (χ4v) is 1.90. The van der Waals surface area contributed by atoms with Gasteiger partial charge >= 0.3 is 5.97 Å². The Morgan fingerprint density at radius 1 is 1.71 bits per heavy atom. The van der Waals surface area contributed by atoms with Crippen molar-refractivity contribution in [1.29, 1.82) is 0 Å². The summed E-state index contributed by atoms with van der Waals surface area (Å²) in [6.45, 7) is 0. The van der Waals surface area contributed by atoms with Crippen LogP contribution in [-0.2, 0) is 11.2 Å². The van der Waals surface area contributed by atoms with Gasteiger partial charge in [0, 0.05) is 18.0 Å². The average molecular weight is 195 g/mol. The van der Waals surface area contributed by atoms with Gasteiger partial charge in [-0.15, -0.1) is 0 Å². The molecule has 0 spiro atoms. The minimum atomic E-state index is -0.368. The predicted octanol–water partition coefficient (Wildman–Crippen LogP) is 1.40. The van der Waals surface area contributed by atoms with Gasteiger partial charge in [0.1, 0.15) is 17.6 Å². The third kappa shape index (κ3) is 1.32. The molecular formula is C10H13NO3. The number of furan rings is 1. The quantitative estimate of drug-likeness (QED) is 0.688. The summed E-state index contributed by atoms with van der Waals surface area (Å²) in [6, 6.07) is -0.0911. The molecule has 0 saturated carbocycles. The van der Waals surface area contributed by atoms with E-state index in [1.165, 1.54) is 13.4 Å². The van der Waals surface area contributed by atoms with Crippen LogP contribution in [0.4, 0.5) is 0 Å². The molecule has 0 saturated heterocycles. The minimum absolute atomic E-state index is 0.0911. The number of methoxy groups -OCH3 is 1. The molecule has 76 valence electrons. The second kappa shape index (κ2) is 3.46. The summed E-state index contributed by atoms with van der Waals surface area (Å²) in [5, 5.41) is 0. The SMILES string of the molecule is COC(=O)c1coc2c1[C@@H](N)CCC2. The lowest BCUT2D eigenvalue weighted by Crippen LogP contribution is -2.19. The summed E-state index contributed by atoms with van der Waals surface area (Å²) >= 11 is 0. The number of aryl methyl sites for hydroxylation is 1. The largest absolute Gasteiger partial charge is 0.468 e. The fraction of sp³-hybridized carbons (Fsp3) is 0.500. The van der Waals surface area contributed by atoms with E-state index in [1.807, 2.05) is 0 Å². The molecule has 1 aliphatic carbocycles. The first-order valence-electron chi connectivity index (χ1n) is 4.68. The van der Waals surface area contributed by atoms with Crippen LogP contribution >= 0.6 is 0 Å². The number of hydrogen-bond donors (Lipinski definition) is 1. The summed E-state index contributed by atoms with van der Waals surface area (Å²) in [4.78, 5) is 11.4. The van der Waals surface area contributed by atoms with E-state index >= 15 is 0 Å². The molecule has 0 unspecified atom stereocenters. The van der Waals surface area contributed by atoms with Gasteiger partial charge in [-0.1, -0.05) is 0 Å². The van der Waals surface area contributed by atoms with Crippen LogP contribution in [0.15, 0.2) is 10.7 Å². The highest BCUT2D eigenvalue weighted by Gasteiger charge is 2.27. The zero-order valence-corrected chi connectivity index (χ0v) is 8.08. The molecular weight excluding hydrogens is 182 g/mol. The molecule has 4 nitrogen and oxygen atoms in total. The Balaban J connectivity index is 2.43. The van der Waals surface area contributed by atoms with Crippen molar-refractivity contribution >= 4 is 5.97 Å². The maximum atomic E-state index is 11.4. The topological polar surface area (TPSA) is 65.5 Å². The molecule has 1 aromatic rings. The van der Waals surface area contributed by atoms with E-state index in [2.05, 4.69) is 4.74 Å². The molecule has 2 rings (SSSR count). The van der Waals surface area contributed by atoms with Gasteiger partial charge in [-0.2, -0.15) is 0 Å². The number of esters is 1. The molecule has 14 heavy (non-hydrogen) atoms. The molecule has 0 aliphatic heterocycles. The van der Waals surface area contributed by atoms with Crippen LogP contribution in [-0.4, -0.2) is 13.1 Å². The highest BCUT2D eigenvalue weighted by Crippen LogP contribution is 2.32. The van der Waals surface area contributed by atoms with E-state index in [4.69, 9.17) is 10.2 Å². The predicted molar refractivity (Wildman–Crippen MR) is 49.9 cm³/mol. The molecule has 1 atom stereocenters. The molecule has 1 heterocycles. The van der Waals surface area contributed by atoms with Gasteiger partial charge in [-0.05, 0) is 12.8 Å². The van der Waals surface area contributed by atoms with E-state index in [0.717, 1.165) is 30.6 Å². The number of nitrogens with two attached hydrogens (primary N) is 1. The van der Waals surface area contributed by atoms with Gasteiger partial charge in [-0.3, -0.25) is 0 Å². The second-order valence-corrected chi connectivity index (χ2v) is 3.48. The molecule has 4 heteroatoms. The number of carbonyl (C=O) groups excluding carboxylic acids is 1. The number of rotatable bonds is 1. The van der Waals surface area contributed by atoms with Gasteiger partial charge in [0.2, 0.25) is 0 Å². The monoisotopic (exact) mass is 195 g/mol. The number of ether oxygens (including phenoxy) is 1. The molecule has 0 amide bonds. The third-order valence-electron chi connectivity index (χ3n) is 2.60. The molecule has 1 aliphatic rings. The Kier molecular flexibility index (Phi) is 2.29. The van der Waals surface area contributed by atoms with Crippen molar-refractivity contribution < 1.29 is 13.9 Å². The van der Waals surface area contributed by atoms with Gasteiger partial charge in [-0.25, -0.2) is 4.79 Å². The zero-order valence-electron chi connectivity index (χ0n) is 8.08. The van der Waals surface area contributed by atoms with Crippen molar-refractivity contribution in [2.45, 2.75) is 25.3 Å². The van der Waals surface area contributed by atoms with E-state index in [0.29, 0.717) is 5.56 Å². The van der Waals surface area contributed by atoms with E-state index in [-0.39, 0.29) is 12.0 Å². The molecule has 0 radical (unpaired) electrons. The highest BCUT2D eigenvalue weighted by molar-refractivity contribution is 5.91. The van der Waals surface area contributed by atoms with Crippen molar-refractivity contribution in [2.24, 2.45) is 5.73 Å². The number of carbonyl (C=O) groups is 1. The summed E-state index contributed by atoms with van der Waals surface area (Å²) in [5.41, 5.74) is 7.23. The molecule has 0 fully saturated rings. The van der Waals surface area contributed by atoms with E-state index in [1.54, 1.807) is 0 Å². The van der Waals surface area contributed by atoms with Crippen molar-refractivity contribution in [3.63, 3.8) is 0 Å². The lowest BCUT2D eigenvalue weighted by Gasteiger charge is -2.17. The van der Waals surface area contributed by atoms with Gasteiger partial charge in [0.15, 0.2) is 0 Å². The zero-order chi connectivity index (χ0) is 10.1. The van der Waals surface area contributed by atoms with Crippen LogP contribution in [0.5, 0.6) is 0 Å². The maximum absolute atomic E-state index is 11.4. The van der Waals surface area contributed by atoms with Crippen LogP contribution in [0.3, 0.4) is 0 Å². The van der Waals surface area contributed by atoms with Crippen LogP contribution in [0, 0.1) is 0 Å². The Hall–Kier alpha value is -1.29. The lowest BCUT2D eigenvalue weighted by molar-refractivity contribution is 0.0598. The summed E-state index contributed by atoms with van der Waals surface area (Å²) in [5.74, 6) is 0.469. The molecule has 2 N–H and O–H groups in total. The standard InChI is InChI=1S/C10H13NO3/c1-13-10(12)6-5-14-8-4-2-3-7(11)9(6)8/h5,7H,2-4,11H2,1H3/t7-/m0/s1.